The molecule has 8 heteroatoms. The number of phenols is 2. The summed E-state index contributed by atoms with van der Waals surface area (Å²) in [6.07, 6.45) is 2.12. The van der Waals surface area contributed by atoms with Gasteiger partial charge in [0.25, 0.3) is 0 Å². The van der Waals surface area contributed by atoms with Gasteiger partial charge in [0, 0.05) is 6.07 Å². The van der Waals surface area contributed by atoms with Crippen LogP contribution in [0.4, 0.5) is 0 Å². The quantitative estimate of drug-likeness (QED) is 0.634. The third-order valence-corrected chi connectivity index (χ3v) is 3.90. The summed E-state index contributed by atoms with van der Waals surface area (Å²) >= 11 is 1.24. The summed E-state index contributed by atoms with van der Waals surface area (Å²) < 4.78 is 1.73. The van der Waals surface area contributed by atoms with E-state index in [0.29, 0.717) is 11.2 Å². The number of thioether (sulfide) groups is 1. The molecule has 0 amide bonds. The van der Waals surface area contributed by atoms with Gasteiger partial charge in [-0.2, -0.15) is 0 Å². The molecule has 0 aliphatic heterocycles. The number of rotatable bonds is 5. The van der Waals surface area contributed by atoms with Crippen LogP contribution in [0.5, 0.6) is 11.5 Å². The Balaban J connectivity index is 1.68. The molecule has 1 fully saturated rings. The summed E-state index contributed by atoms with van der Waals surface area (Å²) in [7, 11) is 0. The highest BCUT2D eigenvalue weighted by molar-refractivity contribution is 7.99. The van der Waals surface area contributed by atoms with Crippen molar-refractivity contribution in [2.24, 2.45) is 0 Å². The normalized spacial score (nSPS) is 14.4. The van der Waals surface area contributed by atoms with E-state index in [2.05, 4.69) is 15.5 Å². The Morgan fingerprint density at radius 3 is 2.90 bits per heavy atom. The van der Waals surface area contributed by atoms with Crippen LogP contribution in [0.25, 0.3) is 0 Å². The van der Waals surface area contributed by atoms with Crippen molar-refractivity contribution in [2.45, 2.75) is 24.0 Å². The predicted molar refractivity (Wildman–Crippen MR) is 70.9 cm³/mol. The fourth-order valence-corrected chi connectivity index (χ4v) is 2.62. The number of aromatic hydroxyl groups is 2. The minimum atomic E-state index is -0.238. The molecular weight excluding hydrogens is 280 g/mol. The fourth-order valence-electron chi connectivity index (χ4n) is 1.79. The highest BCUT2D eigenvalue weighted by Gasteiger charge is 2.28. The molecule has 0 radical (unpaired) electrons. The number of hydrogen-bond donors (Lipinski definition) is 2. The fraction of sp³-hybridized carbons (Fsp3) is 0.333. The number of benzene rings is 1. The van der Waals surface area contributed by atoms with Crippen molar-refractivity contribution >= 4 is 17.5 Å². The number of Topliss-reactive ketones (excluding diaryl/α,β-unsaturated/α-hetero) is 1. The molecule has 0 saturated heterocycles. The smallest absolute Gasteiger partial charge is 0.210 e. The van der Waals surface area contributed by atoms with Gasteiger partial charge in [-0.05, 0) is 35.4 Å². The highest BCUT2D eigenvalue weighted by atomic mass is 32.2. The van der Waals surface area contributed by atoms with E-state index in [1.807, 2.05) is 0 Å². The number of hydrogen-bond acceptors (Lipinski definition) is 7. The van der Waals surface area contributed by atoms with Crippen molar-refractivity contribution in [3.8, 4) is 11.5 Å². The van der Waals surface area contributed by atoms with Crippen molar-refractivity contribution in [1.29, 1.82) is 0 Å². The molecule has 1 saturated carbocycles. The predicted octanol–water partition coefficient (Wildman–Crippen LogP) is 1.39. The lowest BCUT2D eigenvalue weighted by Gasteiger charge is -2.04. The Morgan fingerprint density at radius 1 is 1.40 bits per heavy atom. The first-order valence-electron chi connectivity index (χ1n) is 6.11. The van der Waals surface area contributed by atoms with Gasteiger partial charge in [-0.3, -0.25) is 4.79 Å². The Hall–Kier alpha value is -2.09. The van der Waals surface area contributed by atoms with Crippen LogP contribution < -0.4 is 0 Å². The van der Waals surface area contributed by atoms with Crippen LogP contribution in [-0.2, 0) is 0 Å². The maximum atomic E-state index is 12.0. The Labute approximate surface area is 118 Å². The Bertz CT molecular complexity index is 654. The van der Waals surface area contributed by atoms with E-state index in [-0.39, 0.29) is 28.6 Å². The van der Waals surface area contributed by atoms with Crippen molar-refractivity contribution in [1.82, 2.24) is 20.2 Å². The third kappa shape index (κ3) is 2.60. The number of ketones is 1. The Morgan fingerprint density at radius 2 is 2.20 bits per heavy atom. The lowest BCUT2D eigenvalue weighted by atomic mass is 10.1. The SMILES string of the molecule is O=C(CSc1nnnn1C1CC1)c1ccc(O)cc1O. The highest BCUT2D eigenvalue weighted by Crippen LogP contribution is 2.36. The Kier molecular flexibility index (Phi) is 3.31. The van der Waals surface area contributed by atoms with Gasteiger partial charge in [0.1, 0.15) is 11.5 Å². The zero-order chi connectivity index (χ0) is 14.1. The van der Waals surface area contributed by atoms with E-state index in [4.69, 9.17) is 0 Å². The standard InChI is InChI=1S/C12H12N4O3S/c17-8-3-4-9(10(18)5-8)11(19)6-20-12-13-14-15-16(12)7-1-2-7/h3-5,7,17-18H,1-2,6H2. The topological polar surface area (TPSA) is 101 Å². The number of tetrazole rings is 1. The second-order valence-electron chi connectivity index (χ2n) is 4.55. The number of carbonyl (C=O) groups is 1. The molecule has 20 heavy (non-hydrogen) atoms. The van der Waals surface area contributed by atoms with Gasteiger partial charge in [-0.15, -0.1) is 5.10 Å². The molecule has 104 valence electrons. The van der Waals surface area contributed by atoms with Crippen LogP contribution in [0.3, 0.4) is 0 Å². The summed E-state index contributed by atoms with van der Waals surface area (Å²) in [6, 6.07) is 4.26. The van der Waals surface area contributed by atoms with Gasteiger partial charge < -0.3 is 10.2 Å². The molecule has 7 nitrogen and oxygen atoms in total. The van der Waals surface area contributed by atoms with E-state index >= 15 is 0 Å². The summed E-state index contributed by atoms with van der Waals surface area (Å²) in [5, 5.41) is 30.8. The zero-order valence-electron chi connectivity index (χ0n) is 10.4. The molecule has 1 aliphatic carbocycles. The number of aromatic nitrogens is 4. The van der Waals surface area contributed by atoms with Crippen molar-refractivity contribution in [3.05, 3.63) is 23.8 Å². The third-order valence-electron chi connectivity index (χ3n) is 2.97. The second-order valence-corrected chi connectivity index (χ2v) is 5.49. The van der Waals surface area contributed by atoms with Gasteiger partial charge >= 0.3 is 0 Å². The van der Waals surface area contributed by atoms with Gasteiger partial charge in [0.2, 0.25) is 5.16 Å². The van der Waals surface area contributed by atoms with E-state index in [1.54, 1.807) is 4.68 Å². The van der Waals surface area contributed by atoms with Crippen molar-refractivity contribution < 1.29 is 15.0 Å². The van der Waals surface area contributed by atoms with Crippen LogP contribution in [0.15, 0.2) is 23.4 Å². The average molecular weight is 292 g/mol. The first-order valence-corrected chi connectivity index (χ1v) is 7.09. The van der Waals surface area contributed by atoms with Gasteiger partial charge in [0.05, 0.1) is 17.4 Å². The molecule has 1 aliphatic rings. The van der Waals surface area contributed by atoms with E-state index in [1.165, 1.54) is 23.9 Å². The molecule has 2 N–H and O–H groups in total. The van der Waals surface area contributed by atoms with Gasteiger partial charge in [0.15, 0.2) is 5.78 Å². The number of nitrogens with zero attached hydrogens (tertiary/aromatic N) is 4. The van der Waals surface area contributed by atoms with Crippen LogP contribution >= 0.6 is 11.8 Å². The summed E-state index contributed by atoms with van der Waals surface area (Å²) in [5.41, 5.74) is 0.181. The molecule has 0 unspecified atom stereocenters. The minimum absolute atomic E-state index is 0.0793. The van der Waals surface area contributed by atoms with Gasteiger partial charge in [-0.1, -0.05) is 11.8 Å². The molecule has 0 atom stereocenters. The van der Waals surface area contributed by atoms with Crippen molar-refractivity contribution in [3.63, 3.8) is 0 Å². The van der Waals surface area contributed by atoms with E-state index in [0.717, 1.165) is 18.9 Å². The molecule has 1 aromatic heterocycles. The lowest BCUT2D eigenvalue weighted by molar-refractivity contribution is 0.102. The molecular formula is C12H12N4O3S. The van der Waals surface area contributed by atoms with E-state index in [9.17, 15) is 15.0 Å². The molecule has 2 aromatic rings. The van der Waals surface area contributed by atoms with Crippen LogP contribution in [-0.4, -0.2) is 42.0 Å². The summed E-state index contributed by atoms with van der Waals surface area (Å²) in [5.74, 6) is -0.412. The molecule has 3 rings (SSSR count). The monoisotopic (exact) mass is 292 g/mol. The first kappa shape index (κ1) is 12.9. The molecule has 0 spiro atoms. The molecule has 1 aromatic carbocycles. The van der Waals surface area contributed by atoms with Crippen molar-refractivity contribution in [2.75, 3.05) is 5.75 Å². The largest absolute Gasteiger partial charge is 0.508 e. The summed E-state index contributed by atoms with van der Waals surface area (Å²) in [4.78, 5) is 12.0. The number of carbonyl (C=O) groups excluding carboxylic acids is 1. The second kappa shape index (κ2) is 5.12. The maximum absolute atomic E-state index is 12.0. The lowest BCUT2D eigenvalue weighted by Crippen LogP contribution is -2.05. The molecule has 1 heterocycles. The van der Waals surface area contributed by atoms with Crippen LogP contribution in [0.2, 0.25) is 0 Å². The van der Waals surface area contributed by atoms with E-state index < -0.39 is 0 Å². The van der Waals surface area contributed by atoms with Gasteiger partial charge in [-0.25, -0.2) is 4.68 Å². The first-order chi connectivity index (χ1) is 9.65. The summed E-state index contributed by atoms with van der Waals surface area (Å²) in [6.45, 7) is 0. The zero-order valence-corrected chi connectivity index (χ0v) is 11.2. The van der Waals surface area contributed by atoms with Crippen LogP contribution in [0, 0.1) is 0 Å². The minimum Gasteiger partial charge on any atom is -0.508 e. The molecule has 0 bridgehead atoms. The number of phenolic OH excluding ortho intramolecular Hbond substituents is 2. The van der Waals surface area contributed by atoms with Crippen LogP contribution in [0.1, 0.15) is 29.2 Å². The maximum Gasteiger partial charge on any atom is 0.210 e. The average Bonchev–Trinajstić information content (AvgIpc) is 3.15.